The van der Waals surface area contributed by atoms with Gasteiger partial charge in [0.15, 0.2) is 5.11 Å². The predicted molar refractivity (Wildman–Crippen MR) is 97.2 cm³/mol. The Balaban J connectivity index is 0.00000361. The summed E-state index contributed by atoms with van der Waals surface area (Å²) < 4.78 is 1.03. The van der Waals surface area contributed by atoms with E-state index in [1.165, 1.54) is 19.3 Å². The summed E-state index contributed by atoms with van der Waals surface area (Å²) in [6.07, 6.45) is 5.41. The van der Waals surface area contributed by atoms with Crippen LogP contribution in [-0.4, -0.2) is 10.9 Å². The van der Waals surface area contributed by atoms with E-state index in [0.29, 0.717) is 10.9 Å². The molecule has 20 heavy (non-hydrogen) atoms. The van der Waals surface area contributed by atoms with Gasteiger partial charge in [0.1, 0.15) is 0 Å². The molecule has 0 unspecified atom stereocenters. The summed E-state index contributed by atoms with van der Waals surface area (Å²) in [5.41, 5.74) is 0.916. The zero-order valence-electron chi connectivity index (χ0n) is 11.5. The summed E-state index contributed by atoms with van der Waals surface area (Å²) in [5, 5.41) is 14.3. The lowest BCUT2D eigenvalue weighted by Gasteiger charge is -2.11. The number of nitrogens with one attached hydrogen (secondary N) is 3. The second kappa shape index (κ2) is 11.1. The van der Waals surface area contributed by atoms with Crippen LogP contribution in [0.1, 0.15) is 39.0 Å². The molecule has 0 saturated heterocycles. The van der Waals surface area contributed by atoms with Crippen LogP contribution < -0.4 is 10.6 Å². The zero-order chi connectivity index (χ0) is 14.1. The number of halogens is 2. The average Bonchev–Trinajstić information content (AvgIpc) is 2.37. The lowest BCUT2D eigenvalue weighted by Crippen LogP contribution is -2.33. The van der Waals surface area contributed by atoms with Gasteiger partial charge in [-0.25, -0.2) is 0 Å². The molecule has 0 spiro atoms. The van der Waals surface area contributed by atoms with Crippen molar-refractivity contribution in [2.24, 2.45) is 0 Å². The minimum atomic E-state index is 0. The van der Waals surface area contributed by atoms with Gasteiger partial charge in [0.05, 0.1) is 5.84 Å². The fraction of sp³-hybridized carbons (Fsp3) is 0.429. The van der Waals surface area contributed by atoms with Crippen molar-refractivity contribution in [3.05, 3.63) is 28.7 Å². The molecule has 3 N–H and O–H groups in total. The molecule has 3 nitrogen and oxygen atoms in total. The lowest BCUT2D eigenvalue weighted by molar-refractivity contribution is 0.679. The summed E-state index contributed by atoms with van der Waals surface area (Å²) in [4.78, 5) is 0. The van der Waals surface area contributed by atoms with E-state index in [9.17, 15) is 0 Å². The molecule has 0 bridgehead atoms. The van der Waals surface area contributed by atoms with E-state index in [1.807, 2.05) is 24.3 Å². The molecule has 0 aromatic heterocycles. The minimum Gasteiger partial charge on any atom is -0.332 e. The maximum absolute atomic E-state index is 7.81. The molecule has 0 aliphatic carbocycles. The van der Waals surface area contributed by atoms with Crippen LogP contribution in [0, 0.1) is 5.41 Å². The van der Waals surface area contributed by atoms with Crippen LogP contribution in [0.25, 0.3) is 0 Å². The molecule has 0 saturated carbocycles. The molecule has 0 fully saturated rings. The van der Waals surface area contributed by atoms with Gasteiger partial charge in [0.25, 0.3) is 0 Å². The maximum atomic E-state index is 7.81. The van der Waals surface area contributed by atoms with E-state index >= 15 is 0 Å². The van der Waals surface area contributed by atoms with Crippen LogP contribution in [0.4, 0.5) is 5.69 Å². The van der Waals surface area contributed by atoms with Gasteiger partial charge in [-0.1, -0.05) is 42.1 Å². The van der Waals surface area contributed by atoms with Crippen molar-refractivity contribution in [2.75, 3.05) is 5.32 Å². The molecule has 1 rings (SSSR count). The molecule has 0 radical (unpaired) electrons. The normalized spacial score (nSPS) is 9.50. The Morgan fingerprint density at radius 1 is 1.20 bits per heavy atom. The fourth-order valence-electron chi connectivity index (χ4n) is 1.62. The third kappa shape index (κ3) is 8.51. The van der Waals surface area contributed by atoms with Gasteiger partial charge in [-0.3, -0.25) is 5.41 Å². The Morgan fingerprint density at radius 3 is 2.45 bits per heavy atom. The van der Waals surface area contributed by atoms with E-state index in [4.69, 9.17) is 17.6 Å². The molecular weight excluding hydrogens is 358 g/mol. The van der Waals surface area contributed by atoms with Crippen molar-refractivity contribution in [1.29, 1.82) is 5.41 Å². The molecule has 6 heteroatoms. The molecule has 0 atom stereocenters. The Morgan fingerprint density at radius 2 is 1.85 bits per heavy atom. The molecule has 0 aliphatic heterocycles. The highest BCUT2D eigenvalue weighted by atomic mass is 79.9. The van der Waals surface area contributed by atoms with Crippen molar-refractivity contribution in [3.63, 3.8) is 0 Å². The van der Waals surface area contributed by atoms with Crippen LogP contribution in [0.5, 0.6) is 0 Å². The first kappa shape index (κ1) is 19.4. The van der Waals surface area contributed by atoms with Crippen molar-refractivity contribution >= 4 is 57.2 Å². The number of rotatable bonds is 6. The van der Waals surface area contributed by atoms with Crippen molar-refractivity contribution in [3.8, 4) is 0 Å². The smallest absolute Gasteiger partial charge is 0.176 e. The molecule has 0 heterocycles. The Kier molecular flexibility index (Phi) is 10.7. The van der Waals surface area contributed by atoms with Crippen LogP contribution in [0.3, 0.4) is 0 Å². The summed E-state index contributed by atoms with van der Waals surface area (Å²) in [6, 6.07) is 7.76. The molecular formula is C14H21BrClN3S. The van der Waals surface area contributed by atoms with E-state index in [1.54, 1.807) is 0 Å². The second-order valence-corrected chi connectivity index (χ2v) is 5.70. The van der Waals surface area contributed by atoms with Crippen LogP contribution in [-0.2, 0) is 0 Å². The highest BCUT2D eigenvalue weighted by molar-refractivity contribution is 9.10. The largest absolute Gasteiger partial charge is 0.332 e. The van der Waals surface area contributed by atoms with Crippen molar-refractivity contribution in [1.82, 2.24) is 5.32 Å². The lowest BCUT2D eigenvalue weighted by atomic mass is 10.1. The van der Waals surface area contributed by atoms with Crippen molar-refractivity contribution < 1.29 is 0 Å². The highest BCUT2D eigenvalue weighted by Crippen LogP contribution is 2.13. The number of anilines is 1. The third-order valence-corrected chi connectivity index (χ3v) is 3.38. The Bertz CT molecular complexity index is 423. The van der Waals surface area contributed by atoms with Crippen molar-refractivity contribution in [2.45, 2.75) is 39.0 Å². The van der Waals surface area contributed by atoms with Crippen LogP contribution in [0.15, 0.2) is 28.7 Å². The van der Waals surface area contributed by atoms with E-state index < -0.39 is 0 Å². The fourth-order valence-corrected chi connectivity index (χ4v) is 2.13. The second-order valence-electron chi connectivity index (χ2n) is 4.38. The number of hydrogen-bond donors (Lipinski definition) is 3. The first-order valence-electron chi connectivity index (χ1n) is 6.53. The van der Waals surface area contributed by atoms with Crippen LogP contribution >= 0.6 is 40.6 Å². The van der Waals surface area contributed by atoms with Gasteiger partial charge in [0, 0.05) is 16.6 Å². The average molecular weight is 379 g/mol. The summed E-state index contributed by atoms with van der Waals surface area (Å²) in [5.74, 6) is 0.478. The SMILES string of the molecule is CCCCCCC(=N)NC(=S)Nc1ccc(Br)cc1.Cl. The Hall–Kier alpha value is -0.650. The number of benzene rings is 1. The van der Waals surface area contributed by atoms with Gasteiger partial charge >= 0.3 is 0 Å². The zero-order valence-corrected chi connectivity index (χ0v) is 14.8. The van der Waals surface area contributed by atoms with Gasteiger partial charge in [-0.05, 0) is 42.9 Å². The molecule has 1 aromatic rings. The molecule has 0 aliphatic rings. The predicted octanol–water partition coefficient (Wildman–Crippen LogP) is 5.10. The highest BCUT2D eigenvalue weighted by Gasteiger charge is 2.01. The first-order chi connectivity index (χ1) is 9.11. The van der Waals surface area contributed by atoms with E-state index in [-0.39, 0.29) is 12.4 Å². The third-order valence-electron chi connectivity index (χ3n) is 2.65. The van der Waals surface area contributed by atoms with Gasteiger partial charge in [0.2, 0.25) is 0 Å². The van der Waals surface area contributed by atoms with Crippen LogP contribution in [0.2, 0.25) is 0 Å². The first-order valence-corrected chi connectivity index (χ1v) is 7.73. The molecule has 0 amide bonds. The van der Waals surface area contributed by atoms with E-state index in [0.717, 1.165) is 23.0 Å². The van der Waals surface area contributed by atoms with Gasteiger partial charge < -0.3 is 10.6 Å². The standard InChI is InChI=1S/C14H20BrN3S.ClH/c1-2-3-4-5-6-13(16)18-14(19)17-12-9-7-11(15)8-10-12;/h7-10H,2-6H2,1H3,(H3,16,17,18,19);1H. The topological polar surface area (TPSA) is 47.9 Å². The van der Waals surface area contributed by atoms with Gasteiger partial charge in [-0.2, -0.15) is 0 Å². The molecule has 112 valence electrons. The summed E-state index contributed by atoms with van der Waals surface area (Å²) >= 11 is 8.55. The molecule has 1 aromatic carbocycles. The number of amidine groups is 1. The van der Waals surface area contributed by atoms with E-state index in [2.05, 4.69) is 33.5 Å². The number of unbranched alkanes of at least 4 members (excludes halogenated alkanes) is 3. The summed E-state index contributed by atoms with van der Waals surface area (Å²) in [6.45, 7) is 2.18. The summed E-state index contributed by atoms with van der Waals surface area (Å²) in [7, 11) is 0. The van der Waals surface area contributed by atoms with Gasteiger partial charge in [-0.15, -0.1) is 12.4 Å². The minimum absolute atomic E-state index is 0. The Labute approximate surface area is 141 Å². The quantitative estimate of drug-likeness (QED) is 0.279. The maximum Gasteiger partial charge on any atom is 0.176 e. The number of thiocarbonyl (C=S) groups is 1. The monoisotopic (exact) mass is 377 g/mol. The number of hydrogen-bond acceptors (Lipinski definition) is 2.